The molecule has 2 aromatic rings. The highest BCUT2D eigenvalue weighted by molar-refractivity contribution is 6.16. The number of imide groups is 1. The summed E-state index contributed by atoms with van der Waals surface area (Å²) in [7, 11) is 1.69. The minimum absolute atomic E-state index is 0.203. The highest BCUT2D eigenvalue weighted by atomic mass is 16.5. The summed E-state index contributed by atoms with van der Waals surface area (Å²) in [6, 6.07) is 16.7. The summed E-state index contributed by atoms with van der Waals surface area (Å²) in [5, 5.41) is 0. The number of nitrogens with zero attached hydrogens (tertiary/aromatic N) is 5. The number of carbonyl (C=O) groups is 2. The molecule has 9 nitrogen and oxygen atoms in total. The van der Waals surface area contributed by atoms with Crippen molar-refractivity contribution in [1.29, 1.82) is 0 Å². The predicted molar refractivity (Wildman–Crippen MR) is 133 cm³/mol. The van der Waals surface area contributed by atoms with E-state index in [1.807, 2.05) is 84.4 Å². The number of guanidine groups is 1. The number of rotatable bonds is 8. The Labute approximate surface area is 204 Å². The van der Waals surface area contributed by atoms with Gasteiger partial charge in [-0.05, 0) is 26.0 Å². The molecule has 0 saturated carbocycles. The molecule has 182 valence electrons. The number of likely N-dealkylation sites (N-methyl/N-ethyl adjacent to an activating group) is 1. The number of anilines is 1. The Morgan fingerprint density at radius 2 is 1.71 bits per heavy atom. The maximum absolute atomic E-state index is 13.6. The molecule has 2 unspecified atom stereocenters. The molecule has 3 amide bonds. The smallest absolute Gasteiger partial charge is 0.328 e. The van der Waals surface area contributed by atoms with Crippen molar-refractivity contribution in [3.05, 3.63) is 66.4 Å². The van der Waals surface area contributed by atoms with Gasteiger partial charge >= 0.3 is 6.03 Å². The van der Waals surface area contributed by atoms with Crippen LogP contribution in [0, 0.1) is 0 Å². The van der Waals surface area contributed by atoms with E-state index in [9.17, 15) is 9.59 Å². The molecule has 3 heterocycles. The van der Waals surface area contributed by atoms with Crippen molar-refractivity contribution < 1.29 is 19.1 Å². The number of urea groups is 1. The molecule has 1 saturated heterocycles. The van der Waals surface area contributed by atoms with Gasteiger partial charge in [0.2, 0.25) is 5.96 Å². The fraction of sp³-hybridized carbons (Fsp3) is 0.346. The van der Waals surface area contributed by atoms with Crippen LogP contribution >= 0.6 is 0 Å². The van der Waals surface area contributed by atoms with Crippen molar-refractivity contribution in [3.8, 4) is 5.75 Å². The van der Waals surface area contributed by atoms with Crippen LogP contribution in [-0.2, 0) is 9.53 Å². The molecule has 0 spiro atoms. The van der Waals surface area contributed by atoms with Gasteiger partial charge in [-0.25, -0.2) is 9.79 Å². The number of para-hydroxylation sites is 2. The largest absolute Gasteiger partial charge is 0.492 e. The summed E-state index contributed by atoms with van der Waals surface area (Å²) in [6.07, 6.45) is 1.33. The molecule has 0 N–H and O–H groups in total. The standard InChI is InChI=1S/C26H29N5O4/c1-4-34-16-15-29-24(32)22-23(28(3)26(29)33)27-25-30(22)17-20(18-11-7-6-8-12-18)31(25)19-13-9-10-14-21(19)35-5-2/h6-14,17,22-23H,4-5,15-16H2,1-3H3. The normalized spacial score (nSPS) is 21.2. The van der Waals surface area contributed by atoms with E-state index in [1.54, 1.807) is 7.05 Å². The van der Waals surface area contributed by atoms with E-state index in [-0.39, 0.29) is 18.5 Å². The minimum Gasteiger partial charge on any atom is -0.492 e. The van der Waals surface area contributed by atoms with Crippen LogP contribution in [0.2, 0.25) is 0 Å². The average Bonchev–Trinajstić information content (AvgIpc) is 3.42. The van der Waals surface area contributed by atoms with Crippen molar-refractivity contribution in [2.24, 2.45) is 4.99 Å². The molecule has 5 rings (SSSR count). The van der Waals surface area contributed by atoms with Gasteiger partial charge in [-0.2, -0.15) is 0 Å². The van der Waals surface area contributed by atoms with E-state index in [0.717, 1.165) is 16.9 Å². The van der Waals surface area contributed by atoms with E-state index in [1.165, 1.54) is 9.80 Å². The van der Waals surface area contributed by atoms with Crippen LogP contribution in [0.5, 0.6) is 5.75 Å². The topological polar surface area (TPSA) is 77.9 Å². The van der Waals surface area contributed by atoms with Gasteiger partial charge in [0, 0.05) is 25.4 Å². The second-order valence-corrected chi connectivity index (χ2v) is 8.39. The molecule has 0 radical (unpaired) electrons. The third kappa shape index (κ3) is 3.81. The fourth-order valence-corrected chi connectivity index (χ4v) is 4.71. The first-order valence-electron chi connectivity index (χ1n) is 11.9. The van der Waals surface area contributed by atoms with Gasteiger partial charge in [0.25, 0.3) is 5.91 Å². The number of amides is 3. The average molecular weight is 476 g/mol. The highest BCUT2D eigenvalue weighted by Crippen LogP contribution is 2.42. The van der Waals surface area contributed by atoms with Gasteiger partial charge in [-0.1, -0.05) is 42.5 Å². The van der Waals surface area contributed by atoms with Crippen LogP contribution in [0.25, 0.3) is 5.70 Å². The maximum Gasteiger partial charge on any atom is 0.328 e. The van der Waals surface area contributed by atoms with Gasteiger partial charge in [0.15, 0.2) is 12.2 Å². The number of fused-ring (bicyclic) bond motifs is 3. The molecule has 2 atom stereocenters. The van der Waals surface area contributed by atoms with Gasteiger partial charge in [-0.15, -0.1) is 0 Å². The van der Waals surface area contributed by atoms with Gasteiger partial charge in [-0.3, -0.25) is 19.5 Å². The van der Waals surface area contributed by atoms with Crippen LogP contribution < -0.4 is 9.64 Å². The molecular formula is C26H29N5O4. The predicted octanol–water partition coefficient (Wildman–Crippen LogP) is 3.20. The lowest BCUT2D eigenvalue weighted by Crippen LogP contribution is -2.64. The van der Waals surface area contributed by atoms with Crippen molar-refractivity contribution in [3.63, 3.8) is 0 Å². The highest BCUT2D eigenvalue weighted by Gasteiger charge is 2.55. The van der Waals surface area contributed by atoms with Gasteiger partial charge in [0.05, 0.1) is 31.1 Å². The van der Waals surface area contributed by atoms with Crippen LogP contribution in [-0.4, -0.2) is 78.2 Å². The Morgan fingerprint density at radius 3 is 2.46 bits per heavy atom. The molecule has 35 heavy (non-hydrogen) atoms. The molecule has 3 aliphatic rings. The maximum atomic E-state index is 13.6. The lowest BCUT2D eigenvalue weighted by atomic mass is 10.1. The summed E-state index contributed by atoms with van der Waals surface area (Å²) in [5.74, 6) is 1.02. The molecule has 3 aliphatic heterocycles. The van der Waals surface area contributed by atoms with Crippen LogP contribution in [0.1, 0.15) is 19.4 Å². The van der Waals surface area contributed by atoms with Crippen LogP contribution in [0.4, 0.5) is 10.5 Å². The molecule has 0 bridgehead atoms. The lowest BCUT2D eigenvalue weighted by molar-refractivity contribution is -0.137. The van der Waals surface area contributed by atoms with Gasteiger partial charge in [0.1, 0.15) is 5.75 Å². The first-order valence-corrected chi connectivity index (χ1v) is 11.9. The van der Waals surface area contributed by atoms with E-state index >= 15 is 0 Å². The number of hydrogen-bond acceptors (Lipinski definition) is 7. The monoisotopic (exact) mass is 475 g/mol. The van der Waals surface area contributed by atoms with E-state index in [4.69, 9.17) is 14.5 Å². The Balaban J connectivity index is 1.58. The SMILES string of the molecule is CCOCCN1C(=O)C2C(N=C3N(c4ccccc4OCC)C(c4ccccc4)=CN32)N(C)C1=O. The van der Waals surface area contributed by atoms with Crippen LogP contribution in [0.3, 0.4) is 0 Å². The number of benzene rings is 2. The molecule has 0 aromatic heterocycles. The Morgan fingerprint density at radius 1 is 0.971 bits per heavy atom. The second kappa shape index (κ2) is 9.42. The Kier molecular flexibility index (Phi) is 6.17. The van der Waals surface area contributed by atoms with Crippen molar-refractivity contribution in [1.82, 2.24) is 14.7 Å². The zero-order valence-corrected chi connectivity index (χ0v) is 20.1. The summed E-state index contributed by atoms with van der Waals surface area (Å²) in [4.78, 5) is 38.2. The van der Waals surface area contributed by atoms with Crippen molar-refractivity contribution in [2.75, 3.05) is 38.3 Å². The molecule has 9 heteroatoms. The zero-order chi connectivity index (χ0) is 24.5. The number of aliphatic imine (C=N–C) groups is 1. The molecule has 1 fully saturated rings. The van der Waals surface area contributed by atoms with E-state index in [0.29, 0.717) is 31.5 Å². The van der Waals surface area contributed by atoms with Crippen LogP contribution in [0.15, 0.2) is 65.8 Å². The lowest BCUT2D eigenvalue weighted by Gasteiger charge is -2.40. The third-order valence-corrected chi connectivity index (χ3v) is 6.35. The number of ether oxygens (including phenoxy) is 2. The van der Waals surface area contributed by atoms with E-state index < -0.39 is 12.2 Å². The minimum atomic E-state index is -0.655. The number of carbonyl (C=O) groups excluding carboxylic acids is 2. The first-order chi connectivity index (χ1) is 17.1. The summed E-state index contributed by atoms with van der Waals surface area (Å²) >= 11 is 0. The summed E-state index contributed by atoms with van der Waals surface area (Å²) in [6.45, 7) is 5.36. The van der Waals surface area contributed by atoms with Crippen molar-refractivity contribution >= 4 is 29.3 Å². The van der Waals surface area contributed by atoms with Crippen molar-refractivity contribution in [2.45, 2.75) is 26.1 Å². The molecular weight excluding hydrogens is 446 g/mol. The number of hydrogen-bond donors (Lipinski definition) is 0. The third-order valence-electron chi connectivity index (χ3n) is 6.35. The quantitative estimate of drug-likeness (QED) is 0.546. The molecule has 2 aromatic carbocycles. The second-order valence-electron chi connectivity index (χ2n) is 8.39. The fourth-order valence-electron chi connectivity index (χ4n) is 4.71. The zero-order valence-electron chi connectivity index (χ0n) is 20.1. The van der Waals surface area contributed by atoms with E-state index in [2.05, 4.69) is 0 Å². The molecule has 0 aliphatic carbocycles. The summed E-state index contributed by atoms with van der Waals surface area (Å²) in [5.41, 5.74) is 2.68. The van der Waals surface area contributed by atoms with Gasteiger partial charge < -0.3 is 14.4 Å². The summed E-state index contributed by atoms with van der Waals surface area (Å²) < 4.78 is 11.3. The first kappa shape index (κ1) is 22.9. The Hall–Kier alpha value is -3.85. The Bertz CT molecular complexity index is 1180.